The van der Waals surface area contributed by atoms with E-state index >= 15 is 0 Å². The lowest BCUT2D eigenvalue weighted by Gasteiger charge is -2.08. The Morgan fingerprint density at radius 1 is 1.13 bits per heavy atom. The molecule has 116 valence electrons. The first-order chi connectivity index (χ1) is 11.1. The summed E-state index contributed by atoms with van der Waals surface area (Å²) < 4.78 is 10.8. The van der Waals surface area contributed by atoms with Gasteiger partial charge in [0, 0.05) is 11.8 Å². The van der Waals surface area contributed by atoms with Crippen molar-refractivity contribution >= 4 is 5.97 Å². The molecule has 0 aliphatic carbocycles. The van der Waals surface area contributed by atoms with Gasteiger partial charge in [0.15, 0.2) is 11.8 Å². The molecule has 0 spiro atoms. The zero-order valence-corrected chi connectivity index (χ0v) is 12.6. The quantitative estimate of drug-likeness (QED) is 0.684. The van der Waals surface area contributed by atoms with Crippen LogP contribution in [0.5, 0.6) is 0 Å². The predicted molar refractivity (Wildman–Crippen MR) is 80.3 cm³/mol. The molecule has 0 amide bonds. The zero-order valence-electron chi connectivity index (χ0n) is 12.6. The van der Waals surface area contributed by atoms with Crippen molar-refractivity contribution in [3.8, 4) is 11.5 Å². The van der Waals surface area contributed by atoms with Gasteiger partial charge in [-0.15, -0.1) is 10.2 Å². The van der Waals surface area contributed by atoms with E-state index < -0.39 is 12.1 Å². The van der Waals surface area contributed by atoms with Gasteiger partial charge in [-0.05, 0) is 26.0 Å². The van der Waals surface area contributed by atoms with Gasteiger partial charge in [0.1, 0.15) is 0 Å². The number of rotatable bonds is 4. The fraction of sp³-hybridized carbons (Fsp3) is 0.188. The summed E-state index contributed by atoms with van der Waals surface area (Å²) in [7, 11) is 0. The van der Waals surface area contributed by atoms with Crippen molar-refractivity contribution in [2.24, 2.45) is 0 Å². The topological polar surface area (TPSA) is 91.0 Å². The van der Waals surface area contributed by atoms with Crippen molar-refractivity contribution in [1.29, 1.82) is 0 Å². The van der Waals surface area contributed by atoms with E-state index in [0.717, 1.165) is 11.3 Å². The van der Waals surface area contributed by atoms with Crippen LogP contribution in [-0.4, -0.2) is 26.1 Å². The maximum Gasteiger partial charge on any atom is 0.359 e. The van der Waals surface area contributed by atoms with Gasteiger partial charge in [-0.1, -0.05) is 18.2 Å². The van der Waals surface area contributed by atoms with E-state index in [2.05, 4.69) is 20.2 Å². The van der Waals surface area contributed by atoms with Gasteiger partial charge in [-0.3, -0.25) is 4.98 Å². The van der Waals surface area contributed by atoms with E-state index in [0.29, 0.717) is 5.89 Å². The van der Waals surface area contributed by atoms with E-state index in [1.807, 2.05) is 30.3 Å². The molecule has 0 saturated heterocycles. The van der Waals surface area contributed by atoms with Gasteiger partial charge in [-0.25, -0.2) is 9.78 Å². The first-order valence-corrected chi connectivity index (χ1v) is 7.02. The average molecular weight is 310 g/mol. The molecule has 3 aromatic rings. The smallest absolute Gasteiger partial charge is 0.359 e. The molecule has 7 nitrogen and oxygen atoms in total. The molecule has 1 aromatic carbocycles. The van der Waals surface area contributed by atoms with Gasteiger partial charge in [0.25, 0.3) is 5.89 Å². The van der Waals surface area contributed by atoms with Crippen molar-refractivity contribution in [2.75, 3.05) is 0 Å². The van der Waals surface area contributed by atoms with Crippen LogP contribution >= 0.6 is 0 Å². The fourth-order valence-corrected chi connectivity index (χ4v) is 1.87. The summed E-state index contributed by atoms with van der Waals surface area (Å²) in [4.78, 5) is 20.0. The number of hydrogen-bond acceptors (Lipinski definition) is 7. The number of benzene rings is 1. The monoisotopic (exact) mass is 310 g/mol. The van der Waals surface area contributed by atoms with Crippen LogP contribution in [0.25, 0.3) is 11.5 Å². The highest BCUT2D eigenvalue weighted by atomic mass is 16.6. The lowest BCUT2D eigenvalue weighted by molar-refractivity contribution is 0.0272. The second kappa shape index (κ2) is 6.35. The molecular weight excluding hydrogens is 296 g/mol. The molecule has 0 fully saturated rings. The van der Waals surface area contributed by atoms with Crippen LogP contribution in [0.3, 0.4) is 0 Å². The summed E-state index contributed by atoms with van der Waals surface area (Å²) in [5.41, 5.74) is 1.65. The van der Waals surface area contributed by atoms with Crippen molar-refractivity contribution in [3.63, 3.8) is 0 Å². The molecule has 2 heterocycles. The number of carbonyl (C=O) groups is 1. The first-order valence-electron chi connectivity index (χ1n) is 7.02. The summed E-state index contributed by atoms with van der Waals surface area (Å²) in [5, 5.41) is 7.89. The second-order valence-corrected chi connectivity index (χ2v) is 4.90. The zero-order chi connectivity index (χ0) is 16.2. The summed E-state index contributed by atoms with van der Waals surface area (Å²) in [5.74, 6) is 0.000335. The van der Waals surface area contributed by atoms with Crippen molar-refractivity contribution < 1.29 is 13.9 Å². The van der Waals surface area contributed by atoms with Crippen LogP contribution in [0.15, 0.2) is 47.1 Å². The molecule has 23 heavy (non-hydrogen) atoms. The van der Waals surface area contributed by atoms with E-state index in [9.17, 15) is 4.79 Å². The van der Waals surface area contributed by atoms with Crippen LogP contribution in [0.1, 0.15) is 35.1 Å². The summed E-state index contributed by atoms with van der Waals surface area (Å²) >= 11 is 0. The van der Waals surface area contributed by atoms with Crippen molar-refractivity contribution in [1.82, 2.24) is 20.2 Å². The van der Waals surface area contributed by atoms with Crippen LogP contribution in [-0.2, 0) is 4.74 Å². The SMILES string of the molecule is Cc1cnc(C(=O)OC(C)c2nnc(-c3ccccc3)o2)cn1. The van der Waals surface area contributed by atoms with Crippen LogP contribution < -0.4 is 0 Å². The molecule has 2 aromatic heterocycles. The standard InChI is InChI=1S/C16H14N4O3/c1-10-8-18-13(9-17-10)16(21)22-11(2)14-19-20-15(23-14)12-6-4-3-5-7-12/h3-9,11H,1-2H3. The Hall–Kier alpha value is -3.09. The maximum absolute atomic E-state index is 12.0. The number of aryl methyl sites for hydroxylation is 1. The molecule has 0 N–H and O–H groups in total. The van der Waals surface area contributed by atoms with Crippen LogP contribution in [0.4, 0.5) is 0 Å². The third-order valence-electron chi connectivity index (χ3n) is 3.08. The summed E-state index contributed by atoms with van der Waals surface area (Å²) in [6.07, 6.45) is 2.19. The largest absolute Gasteiger partial charge is 0.448 e. The van der Waals surface area contributed by atoms with E-state index in [-0.39, 0.29) is 11.6 Å². The first kappa shape index (κ1) is 14.8. The lowest BCUT2D eigenvalue weighted by atomic mass is 10.2. The number of ether oxygens (including phenoxy) is 1. The highest BCUT2D eigenvalue weighted by Gasteiger charge is 2.20. The molecule has 0 bridgehead atoms. The van der Waals surface area contributed by atoms with Gasteiger partial charge < -0.3 is 9.15 Å². The molecule has 0 aliphatic heterocycles. The second-order valence-electron chi connectivity index (χ2n) is 4.90. The van der Waals surface area contributed by atoms with Gasteiger partial charge in [0.05, 0.1) is 11.9 Å². The Labute approximate surface area is 132 Å². The Balaban J connectivity index is 1.71. The Morgan fingerprint density at radius 2 is 1.91 bits per heavy atom. The molecule has 1 unspecified atom stereocenters. The normalized spacial score (nSPS) is 11.9. The predicted octanol–water partition coefficient (Wildman–Crippen LogP) is 2.75. The lowest BCUT2D eigenvalue weighted by Crippen LogP contribution is -2.11. The third-order valence-corrected chi connectivity index (χ3v) is 3.08. The van der Waals surface area contributed by atoms with E-state index in [1.165, 1.54) is 12.4 Å². The van der Waals surface area contributed by atoms with Crippen molar-refractivity contribution in [3.05, 3.63) is 60.0 Å². The molecule has 0 saturated carbocycles. The molecule has 0 aliphatic rings. The Morgan fingerprint density at radius 3 is 2.61 bits per heavy atom. The summed E-state index contributed by atoms with van der Waals surface area (Å²) in [6.45, 7) is 3.44. The maximum atomic E-state index is 12.0. The molecular formula is C16H14N4O3. The number of esters is 1. The Bertz CT molecular complexity index is 800. The van der Waals surface area contributed by atoms with E-state index in [4.69, 9.17) is 9.15 Å². The molecule has 0 radical (unpaired) electrons. The fourth-order valence-electron chi connectivity index (χ4n) is 1.87. The minimum atomic E-state index is -0.685. The van der Waals surface area contributed by atoms with E-state index in [1.54, 1.807) is 13.8 Å². The minimum Gasteiger partial charge on any atom is -0.448 e. The number of aromatic nitrogens is 4. The number of nitrogens with zero attached hydrogens (tertiary/aromatic N) is 4. The highest BCUT2D eigenvalue weighted by Crippen LogP contribution is 2.22. The van der Waals surface area contributed by atoms with Crippen LogP contribution in [0, 0.1) is 6.92 Å². The number of hydrogen-bond donors (Lipinski definition) is 0. The highest BCUT2D eigenvalue weighted by molar-refractivity contribution is 5.86. The molecule has 3 rings (SSSR count). The molecule has 1 atom stereocenters. The van der Waals surface area contributed by atoms with Gasteiger partial charge >= 0.3 is 5.97 Å². The summed E-state index contributed by atoms with van der Waals surface area (Å²) in [6, 6.07) is 9.36. The minimum absolute atomic E-state index is 0.130. The third kappa shape index (κ3) is 3.39. The van der Waals surface area contributed by atoms with Gasteiger partial charge in [-0.2, -0.15) is 0 Å². The van der Waals surface area contributed by atoms with Crippen LogP contribution in [0.2, 0.25) is 0 Å². The van der Waals surface area contributed by atoms with Gasteiger partial charge in [0.2, 0.25) is 5.89 Å². The average Bonchev–Trinajstić information content (AvgIpc) is 3.06. The molecule has 7 heteroatoms. The Kier molecular flexibility index (Phi) is 4.09. The van der Waals surface area contributed by atoms with Crippen molar-refractivity contribution in [2.45, 2.75) is 20.0 Å². The number of carbonyl (C=O) groups excluding carboxylic acids is 1.